The Morgan fingerprint density at radius 1 is 1.00 bits per heavy atom. The molecule has 0 aliphatic heterocycles. The maximum absolute atomic E-state index is 12.7. The second kappa shape index (κ2) is 9.77. The molecule has 0 aliphatic rings. The van der Waals surface area contributed by atoms with Crippen LogP contribution in [0.15, 0.2) is 42.9 Å². The quantitative estimate of drug-likeness (QED) is 0.702. The molecule has 0 saturated carbocycles. The first-order valence-electron chi connectivity index (χ1n) is 9.01. The summed E-state index contributed by atoms with van der Waals surface area (Å²) < 4.78 is 0. The molecule has 25 heavy (non-hydrogen) atoms. The molecule has 2 heterocycles. The van der Waals surface area contributed by atoms with Crippen molar-refractivity contribution in [1.29, 1.82) is 0 Å². The SMILES string of the molecule is CCCN(CCC)c1cc(C(=O)N(C)CCc2ccncc2)ccn1. The predicted molar refractivity (Wildman–Crippen MR) is 102 cm³/mol. The van der Waals surface area contributed by atoms with Crippen molar-refractivity contribution in [2.75, 3.05) is 31.6 Å². The van der Waals surface area contributed by atoms with Gasteiger partial charge in [0.2, 0.25) is 0 Å². The highest BCUT2D eigenvalue weighted by Crippen LogP contribution is 2.15. The van der Waals surface area contributed by atoms with E-state index in [0.717, 1.165) is 38.2 Å². The van der Waals surface area contributed by atoms with Gasteiger partial charge in [-0.25, -0.2) is 4.98 Å². The fraction of sp³-hybridized carbons (Fsp3) is 0.450. The van der Waals surface area contributed by atoms with Gasteiger partial charge in [0.05, 0.1) is 0 Å². The number of pyridine rings is 2. The highest BCUT2D eigenvalue weighted by molar-refractivity contribution is 5.94. The smallest absolute Gasteiger partial charge is 0.253 e. The summed E-state index contributed by atoms with van der Waals surface area (Å²) in [5.41, 5.74) is 1.88. The molecule has 2 rings (SSSR count). The van der Waals surface area contributed by atoms with E-state index in [2.05, 4.69) is 28.7 Å². The van der Waals surface area contributed by atoms with E-state index in [1.807, 2.05) is 25.2 Å². The number of amides is 1. The van der Waals surface area contributed by atoms with Crippen molar-refractivity contribution >= 4 is 11.7 Å². The molecule has 0 aromatic carbocycles. The van der Waals surface area contributed by atoms with E-state index >= 15 is 0 Å². The molecule has 0 saturated heterocycles. The number of hydrogen-bond acceptors (Lipinski definition) is 4. The van der Waals surface area contributed by atoms with E-state index in [4.69, 9.17) is 0 Å². The van der Waals surface area contributed by atoms with E-state index in [0.29, 0.717) is 12.1 Å². The lowest BCUT2D eigenvalue weighted by Gasteiger charge is -2.23. The van der Waals surface area contributed by atoms with E-state index in [-0.39, 0.29) is 5.91 Å². The summed E-state index contributed by atoms with van der Waals surface area (Å²) in [6, 6.07) is 7.67. The zero-order valence-corrected chi connectivity index (χ0v) is 15.5. The lowest BCUT2D eigenvalue weighted by atomic mass is 10.1. The van der Waals surface area contributed by atoms with E-state index < -0.39 is 0 Å². The number of hydrogen-bond donors (Lipinski definition) is 0. The summed E-state index contributed by atoms with van der Waals surface area (Å²) in [5, 5.41) is 0. The lowest BCUT2D eigenvalue weighted by Crippen LogP contribution is -2.30. The van der Waals surface area contributed by atoms with Crippen LogP contribution in [0.3, 0.4) is 0 Å². The first-order valence-corrected chi connectivity index (χ1v) is 9.01. The average Bonchev–Trinajstić information content (AvgIpc) is 2.66. The number of likely N-dealkylation sites (N-methyl/N-ethyl adjacent to an activating group) is 1. The Kier molecular flexibility index (Phi) is 7.38. The number of carbonyl (C=O) groups is 1. The van der Waals surface area contributed by atoms with Gasteiger partial charge in [0.15, 0.2) is 0 Å². The third-order valence-corrected chi connectivity index (χ3v) is 4.14. The fourth-order valence-electron chi connectivity index (χ4n) is 2.77. The van der Waals surface area contributed by atoms with Crippen molar-refractivity contribution in [3.8, 4) is 0 Å². The van der Waals surface area contributed by atoms with Crippen molar-refractivity contribution in [3.63, 3.8) is 0 Å². The molecule has 0 atom stereocenters. The molecule has 0 aliphatic carbocycles. The van der Waals surface area contributed by atoms with Crippen LogP contribution >= 0.6 is 0 Å². The molecule has 0 radical (unpaired) electrons. The maximum Gasteiger partial charge on any atom is 0.253 e. The summed E-state index contributed by atoms with van der Waals surface area (Å²) in [7, 11) is 1.85. The average molecular weight is 340 g/mol. The Hall–Kier alpha value is -2.43. The minimum Gasteiger partial charge on any atom is -0.357 e. The van der Waals surface area contributed by atoms with E-state index in [1.165, 1.54) is 5.56 Å². The van der Waals surface area contributed by atoms with Gasteiger partial charge < -0.3 is 9.80 Å². The number of nitrogens with zero attached hydrogens (tertiary/aromatic N) is 4. The monoisotopic (exact) mass is 340 g/mol. The van der Waals surface area contributed by atoms with Gasteiger partial charge in [0.25, 0.3) is 5.91 Å². The molecule has 1 amide bonds. The second-order valence-corrected chi connectivity index (χ2v) is 6.22. The molecule has 5 heteroatoms. The van der Waals surface area contributed by atoms with Crippen molar-refractivity contribution in [3.05, 3.63) is 54.0 Å². The normalized spacial score (nSPS) is 10.5. The van der Waals surface area contributed by atoms with Crippen molar-refractivity contribution in [1.82, 2.24) is 14.9 Å². The Morgan fingerprint density at radius 3 is 2.32 bits per heavy atom. The Labute approximate surface area is 150 Å². The first kappa shape index (κ1) is 18.9. The van der Waals surface area contributed by atoms with Gasteiger partial charge in [-0.05, 0) is 49.1 Å². The Morgan fingerprint density at radius 2 is 1.68 bits per heavy atom. The van der Waals surface area contributed by atoms with Gasteiger partial charge in [0.1, 0.15) is 5.82 Å². The largest absolute Gasteiger partial charge is 0.357 e. The van der Waals surface area contributed by atoms with Gasteiger partial charge in [-0.3, -0.25) is 9.78 Å². The topological polar surface area (TPSA) is 49.3 Å². The summed E-state index contributed by atoms with van der Waals surface area (Å²) in [5.74, 6) is 0.919. The van der Waals surface area contributed by atoms with Crippen molar-refractivity contribution in [2.45, 2.75) is 33.1 Å². The zero-order chi connectivity index (χ0) is 18.1. The standard InChI is InChI=1S/C20H28N4O/c1-4-13-24(14-5-2)19-16-18(8-12-22-19)20(25)23(3)15-9-17-6-10-21-11-7-17/h6-8,10-12,16H,4-5,9,13-15H2,1-3H3. The summed E-state index contributed by atoms with van der Waals surface area (Å²) in [4.78, 5) is 25.2. The lowest BCUT2D eigenvalue weighted by molar-refractivity contribution is 0.0796. The van der Waals surface area contributed by atoms with Crippen LogP contribution in [0.25, 0.3) is 0 Å². The molecular weight excluding hydrogens is 312 g/mol. The van der Waals surface area contributed by atoms with Crippen LogP contribution in [0.4, 0.5) is 5.82 Å². The molecule has 0 spiro atoms. The number of anilines is 1. The molecule has 134 valence electrons. The van der Waals surface area contributed by atoms with Gasteiger partial charge >= 0.3 is 0 Å². The fourth-order valence-corrected chi connectivity index (χ4v) is 2.77. The van der Waals surface area contributed by atoms with Crippen molar-refractivity contribution < 1.29 is 4.79 Å². The number of rotatable bonds is 9. The molecule has 0 unspecified atom stereocenters. The molecular formula is C20H28N4O. The van der Waals surface area contributed by atoms with Crippen LogP contribution in [-0.2, 0) is 6.42 Å². The maximum atomic E-state index is 12.7. The minimum absolute atomic E-state index is 0.0330. The van der Waals surface area contributed by atoms with Crippen LogP contribution in [0.5, 0.6) is 0 Å². The Balaban J connectivity index is 2.04. The minimum atomic E-state index is 0.0330. The molecule has 0 N–H and O–H groups in total. The third-order valence-electron chi connectivity index (χ3n) is 4.14. The number of aromatic nitrogens is 2. The van der Waals surface area contributed by atoms with Crippen molar-refractivity contribution in [2.24, 2.45) is 0 Å². The molecule has 0 bridgehead atoms. The molecule has 2 aromatic heterocycles. The number of carbonyl (C=O) groups excluding carboxylic acids is 1. The predicted octanol–water partition coefficient (Wildman–Crippen LogP) is 3.42. The molecule has 2 aromatic rings. The van der Waals surface area contributed by atoms with E-state index in [9.17, 15) is 4.79 Å². The molecule has 0 fully saturated rings. The molecule has 5 nitrogen and oxygen atoms in total. The van der Waals surface area contributed by atoms with E-state index in [1.54, 1.807) is 29.6 Å². The van der Waals surface area contributed by atoms with Crippen LogP contribution in [-0.4, -0.2) is 47.5 Å². The van der Waals surface area contributed by atoms with Gasteiger partial charge in [-0.1, -0.05) is 13.8 Å². The van der Waals surface area contributed by atoms with Crippen LogP contribution in [0, 0.1) is 0 Å². The van der Waals surface area contributed by atoms with Crippen LogP contribution in [0.1, 0.15) is 42.6 Å². The Bertz CT molecular complexity index is 654. The highest BCUT2D eigenvalue weighted by Gasteiger charge is 2.14. The van der Waals surface area contributed by atoms with Gasteiger partial charge in [-0.15, -0.1) is 0 Å². The highest BCUT2D eigenvalue weighted by atomic mass is 16.2. The summed E-state index contributed by atoms with van der Waals surface area (Å²) in [6.07, 6.45) is 8.24. The van der Waals surface area contributed by atoms with Gasteiger partial charge in [0, 0.05) is 50.8 Å². The zero-order valence-electron chi connectivity index (χ0n) is 15.5. The third kappa shape index (κ3) is 5.55. The summed E-state index contributed by atoms with van der Waals surface area (Å²) in [6.45, 7) is 6.90. The summed E-state index contributed by atoms with van der Waals surface area (Å²) >= 11 is 0. The van der Waals surface area contributed by atoms with Crippen LogP contribution < -0.4 is 4.90 Å². The second-order valence-electron chi connectivity index (χ2n) is 6.22. The first-order chi connectivity index (χ1) is 12.2. The van der Waals surface area contributed by atoms with Crippen LogP contribution in [0.2, 0.25) is 0 Å². The van der Waals surface area contributed by atoms with Gasteiger partial charge in [-0.2, -0.15) is 0 Å².